The first-order chi connectivity index (χ1) is 9.24. The Balaban J connectivity index is 1.74. The number of aromatic nitrogens is 2. The molecule has 2 aromatic rings. The fourth-order valence-corrected chi connectivity index (χ4v) is 3.31. The zero-order valence-corrected chi connectivity index (χ0v) is 11.7. The fraction of sp³-hybridized carbons (Fsp3) is 0.429. The van der Waals surface area contributed by atoms with Crippen molar-refractivity contribution in [3.05, 3.63) is 40.1 Å². The van der Waals surface area contributed by atoms with Crippen LogP contribution in [0.15, 0.2) is 23.7 Å². The summed E-state index contributed by atoms with van der Waals surface area (Å²) in [5.41, 5.74) is 1.05. The Kier molecular flexibility index (Phi) is 3.38. The molecule has 1 saturated heterocycles. The number of amides is 1. The second kappa shape index (κ2) is 5.17. The van der Waals surface area contributed by atoms with Crippen molar-refractivity contribution in [3.63, 3.8) is 0 Å². The predicted octanol–water partition coefficient (Wildman–Crippen LogP) is 2.69. The van der Waals surface area contributed by atoms with E-state index >= 15 is 0 Å². The van der Waals surface area contributed by atoms with Gasteiger partial charge in [0.25, 0.3) is 0 Å². The molecule has 4 nitrogen and oxygen atoms in total. The zero-order chi connectivity index (χ0) is 13.2. The second-order valence-corrected chi connectivity index (χ2v) is 5.98. The number of hydrogen-bond donors (Lipinski definition) is 1. The minimum absolute atomic E-state index is 0.126. The van der Waals surface area contributed by atoms with Crippen molar-refractivity contribution in [3.8, 4) is 0 Å². The van der Waals surface area contributed by atoms with Crippen LogP contribution in [-0.2, 0) is 11.2 Å². The van der Waals surface area contributed by atoms with Gasteiger partial charge in [0.05, 0.1) is 12.5 Å². The van der Waals surface area contributed by atoms with Crippen LogP contribution >= 0.6 is 11.3 Å². The maximum atomic E-state index is 12.4. The minimum atomic E-state index is 0.126. The third-order valence-corrected chi connectivity index (χ3v) is 4.39. The van der Waals surface area contributed by atoms with Crippen LogP contribution in [0.2, 0.25) is 0 Å². The van der Waals surface area contributed by atoms with Gasteiger partial charge in [0.1, 0.15) is 5.82 Å². The summed E-state index contributed by atoms with van der Waals surface area (Å²) in [6.45, 7) is 2.83. The van der Waals surface area contributed by atoms with E-state index in [9.17, 15) is 4.79 Å². The number of H-pyrrole nitrogens is 1. The minimum Gasteiger partial charge on any atom is -0.344 e. The molecule has 3 rings (SSSR count). The third-order valence-electron chi connectivity index (χ3n) is 3.52. The topological polar surface area (TPSA) is 49.0 Å². The van der Waals surface area contributed by atoms with Gasteiger partial charge in [0.2, 0.25) is 5.91 Å². The summed E-state index contributed by atoms with van der Waals surface area (Å²) in [4.78, 5) is 23.1. The standard InChI is InChI=1S/C14H17N3OS/c1-10-9-15-14(16-10)12-5-2-6-17(12)13(18)8-11-4-3-7-19-11/h3-4,7,9,12H,2,5-6,8H2,1H3,(H,15,16). The average Bonchev–Trinajstić information content (AvgIpc) is 3.07. The Morgan fingerprint density at radius 2 is 2.53 bits per heavy atom. The fourth-order valence-electron chi connectivity index (χ4n) is 2.62. The van der Waals surface area contributed by atoms with Gasteiger partial charge in [-0.1, -0.05) is 6.07 Å². The normalized spacial score (nSPS) is 19.0. The Hall–Kier alpha value is -1.62. The Labute approximate surface area is 116 Å². The number of thiophene rings is 1. The van der Waals surface area contributed by atoms with Crippen LogP contribution in [0, 0.1) is 6.92 Å². The SMILES string of the molecule is Cc1cnc(C2CCCN2C(=O)Cc2cccs2)[nH]1. The Bertz CT molecular complexity index is 561. The van der Waals surface area contributed by atoms with Gasteiger partial charge in [-0.15, -0.1) is 11.3 Å². The lowest BCUT2D eigenvalue weighted by atomic mass is 10.2. The van der Waals surface area contributed by atoms with Gasteiger partial charge in [-0.05, 0) is 31.2 Å². The monoisotopic (exact) mass is 275 g/mol. The van der Waals surface area contributed by atoms with E-state index in [0.29, 0.717) is 6.42 Å². The average molecular weight is 275 g/mol. The van der Waals surface area contributed by atoms with Crippen molar-refractivity contribution in [2.75, 3.05) is 6.54 Å². The smallest absolute Gasteiger partial charge is 0.228 e. The van der Waals surface area contributed by atoms with Crippen molar-refractivity contribution >= 4 is 17.2 Å². The van der Waals surface area contributed by atoms with Crippen LogP contribution in [0.25, 0.3) is 0 Å². The van der Waals surface area contributed by atoms with Crippen molar-refractivity contribution < 1.29 is 4.79 Å². The maximum absolute atomic E-state index is 12.4. The van der Waals surface area contributed by atoms with E-state index in [1.54, 1.807) is 11.3 Å². The summed E-state index contributed by atoms with van der Waals surface area (Å²) in [5.74, 6) is 1.13. The van der Waals surface area contributed by atoms with Crippen molar-refractivity contribution in [2.24, 2.45) is 0 Å². The molecule has 1 fully saturated rings. The molecule has 100 valence electrons. The van der Waals surface area contributed by atoms with E-state index in [1.807, 2.05) is 35.5 Å². The van der Waals surface area contributed by atoms with Crippen LogP contribution in [0.3, 0.4) is 0 Å². The molecule has 1 aliphatic rings. The van der Waals surface area contributed by atoms with Crippen LogP contribution in [-0.4, -0.2) is 27.3 Å². The molecule has 1 amide bonds. The van der Waals surface area contributed by atoms with Crippen LogP contribution < -0.4 is 0 Å². The summed E-state index contributed by atoms with van der Waals surface area (Å²) in [6.07, 6.45) is 4.40. The molecular weight excluding hydrogens is 258 g/mol. The Morgan fingerprint density at radius 3 is 3.21 bits per heavy atom. The molecule has 1 atom stereocenters. The van der Waals surface area contributed by atoms with E-state index in [2.05, 4.69) is 9.97 Å². The lowest BCUT2D eigenvalue weighted by Gasteiger charge is -2.23. The number of nitrogens with zero attached hydrogens (tertiary/aromatic N) is 2. The van der Waals surface area contributed by atoms with E-state index in [1.165, 1.54) is 0 Å². The van der Waals surface area contributed by atoms with E-state index < -0.39 is 0 Å². The molecule has 0 spiro atoms. The molecule has 2 aromatic heterocycles. The summed E-state index contributed by atoms with van der Waals surface area (Å²) in [5, 5.41) is 2.01. The second-order valence-electron chi connectivity index (χ2n) is 4.95. The summed E-state index contributed by atoms with van der Waals surface area (Å²) < 4.78 is 0. The molecular formula is C14H17N3OS. The van der Waals surface area contributed by atoms with Gasteiger partial charge < -0.3 is 9.88 Å². The molecule has 5 heteroatoms. The number of likely N-dealkylation sites (tertiary alicyclic amines) is 1. The van der Waals surface area contributed by atoms with Crippen LogP contribution in [0.4, 0.5) is 0 Å². The number of nitrogens with one attached hydrogen (secondary N) is 1. The van der Waals surface area contributed by atoms with Gasteiger partial charge >= 0.3 is 0 Å². The van der Waals surface area contributed by atoms with Gasteiger partial charge in [0, 0.05) is 23.3 Å². The van der Waals surface area contributed by atoms with Gasteiger partial charge in [-0.2, -0.15) is 0 Å². The predicted molar refractivity (Wildman–Crippen MR) is 75.0 cm³/mol. The van der Waals surface area contributed by atoms with Gasteiger partial charge in [-0.25, -0.2) is 4.98 Å². The number of rotatable bonds is 3. The maximum Gasteiger partial charge on any atom is 0.228 e. The molecule has 19 heavy (non-hydrogen) atoms. The van der Waals surface area contributed by atoms with Crippen molar-refractivity contribution in [1.82, 2.24) is 14.9 Å². The highest BCUT2D eigenvalue weighted by Crippen LogP contribution is 2.30. The molecule has 0 aliphatic carbocycles. The molecule has 0 aromatic carbocycles. The van der Waals surface area contributed by atoms with Crippen molar-refractivity contribution in [2.45, 2.75) is 32.2 Å². The lowest BCUT2D eigenvalue weighted by molar-refractivity contribution is -0.131. The first kappa shape index (κ1) is 12.4. The molecule has 1 unspecified atom stereocenters. The van der Waals surface area contributed by atoms with E-state index in [0.717, 1.165) is 35.8 Å². The largest absolute Gasteiger partial charge is 0.344 e. The molecule has 0 bridgehead atoms. The first-order valence-corrected chi connectivity index (χ1v) is 7.45. The highest BCUT2D eigenvalue weighted by Gasteiger charge is 2.31. The van der Waals surface area contributed by atoms with Gasteiger partial charge in [0.15, 0.2) is 0 Å². The number of carbonyl (C=O) groups is 1. The number of carbonyl (C=O) groups excluding carboxylic acids is 1. The number of imidazole rings is 1. The zero-order valence-electron chi connectivity index (χ0n) is 10.9. The highest BCUT2D eigenvalue weighted by molar-refractivity contribution is 7.10. The number of aromatic amines is 1. The quantitative estimate of drug-likeness (QED) is 0.936. The number of hydrogen-bond acceptors (Lipinski definition) is 3. The lowest BCUT2D eigenvalue weighted by Crippen LogP contribution is -2.32. The summed E-state index contributed by atoms with van der Waals surface area (Å²) in [7, 11) is 0. The third kappa shape index (κ3) is 2.56. The van der Waals surface area contributed by atoms with Crippen LogP contribution in [0.5, 0.6) is 0 Å². The Morgan fingerprint density at radius 1 is 1.63 bits per heavy atom. The summed E-state index contributed by atoms with van der Waals surface area (Å²) >= 11 is 1.64. The van der Waals surface area contributed by atoms with Gasteiger partial charge in [-0.3, -0.25) is 4.79 Å². The summed E-state index contributed by atoms with van der Waals surface area (Å²) in [6, 6.07) is 4.14. The molecule has 3 heterocycles. The van der Waals surface area contributed by atoms with Crippen LogP contribution in [0.1, 0.15) is 35.3 Å². The van der Waals surface area contributed by atoms with E-state index in [4.69, 9.17) is 0 Å². The molecule has 1 aliphatic heterocycles. The molecule has 0 saturated carbocycles. The van der Waals surface area contributed by atoms with E-state index in [-0.39, 0.29) is 11.9 Å². The van der Waals surface area contributed by atoms with Crippen molar-refractivity contribution in [1.29, 1.82) is 0 Å². The number of aryl methyl sites for hydroxylation is 1. The molecule has 0 radical (unpaired) electrons. The highest BCUT2D eigenvalue weighted by atomic mass is 32.1. The first-order valence-electron chi connectivity index (χ1n) is 6.57. The molecule has 1 N–H and O–H groups in total.